The molecule has 1 fully saturated rings. The number of rotatable bonds is 10. The van der Waals surface area contributed by atoms with Crippen LogP contribution in [0.1, 0.15) is 24.5 Å². The number of ether oxygens (including phenoxy) is 1. The number of aliphatic hydroxyl groups excluding tert-OH is 1. The molecule has 1 atom stereocenters. The lowest BCUT2D eigenvalue weighted by Crippen LogP contribution is -2.31. The number of halogens is 1. The highest BCUT2D eigenvalue weighted by Crippen LogP contribution is 2.21. The molecule has 3 aromatic rings. The van der Waals surface area contributed by atoms with Gasteiger partial charge in [0, 0.05) is 49.7 Å². The molecule has 8 nitrogen and oxygen atoms in total. The van der Waals surface area contributed by atoms with Gasteiger partial charge in [0.25, 0.3) is 0 Å². The second-order valence-corrected chi connectivity index (χ2v) is 8.38. The Balaban J connectivity index is 1.19. The van der Waals surface area contributed by atoms with Crippen LogP contribution < -0.4 is 10.1 Å². The van der Waals surface area contributed by atoms with Gasteiger partial charge in [0.05, 0.1) is 11.8 Å². The van der Waals surface area contributed by atoms with Gasteiger partial charge in [-0.2, -0.15) is 5.10 Å². The first kappa shape index (κ1) is 23.2. The van der Waals surface area contributed by atoms with Gasteiger partial charge in [0.15, 0.2) is 0 Å². The molecule has 1 amide bonds. The Morgan fingerprint density at radius 3 is 2.67 bits per heavy atom. The van der Waals surface area contributed by atoms with Crippen molar-refractivity contribution in [2.75, 3.05) is 32.8 Å². The molecule has 9 heteroatoms. The number of amides is 1. The maximum absolute atomic E-state index is 12.3. The summed E-state index contributed by atoms with van der Waals surface area (Å²) in [5.41, 5.74) is 2.50. The van der Waals surface area contributed by atoms with E-state index in [2.05, 4.69) is 15.4 Å². The lowest BCUT2D eigenvalue weighted by Gasteiger charge is -2.14. The smallest absolute Gasteiger partial charge is 0.244 e. The van der Waals surface area contributed by atoms with Crippen LogP contribution in [-0.2, 0) is 11.3 Å². The van der Waals surface area contributed by atoms with Crippen LogP contribution in [0.3, 0.4) is 0 Å². The summed E-state index contributed by atoms with van der Waals surface area (Å²) in [6.07, 6.45) is 4.93. The zero-order valence-electron chi connectivity index (χ0n) is 18.4. The Bertz CT molecular complexity index is 1030. The molecule has 1 saturated heterocycles. The molecule has 0 spiro atoms. The number of benzene rings is 1. The van der Waals surface area contributed by atoms with Crippen molar-refractivity contribution in [1.82, 2.24) is 25.0 Å². The van der Waals surface area contributed by atoms with E-state index in [1.807, 2.05) is 41.4 Å². The molecule has 0 saturated carbocycles. The fraction of sp³-hybridized carbons (Fsp3) is 0.375. The molecule has 1 aliphatic rings. The van der Waals surface area contributed by atoms with Crippen molar-refractivity contribution in [2.24, 2.45) is 0 Å². The summed E-state index contributed by atoms with van der Waals surface area (Å²) < 4.78 is 7.46. The van der Waals surface area contributed by atoms with Crippen LogP contribution in [0.4, 0.5) is 0 Å². The highest BCUT2D eigenvalue weighted by atomic mass is 35.5. The van der Waals surface area contributed by atoms with E-state index in [9.17, 15) is 9.90 Å². The molecule has 1 aliphatic heterocycles. The maximum Gasteiger partial charge on any atom is 0.244 e. The summed E-state index contributed by atoms with van der Waals surface area (Å²) in [4.78, 5) is 18.2. The van der Waals surface area contributed by atoms with Gasteiger partial charge in [-0.25, -0.2) is 4.98 Å². The average Bonchev–Trinajstić information content (AvgIpc) is 3.52. The summed E-state index contributed by atoms with van der Waals surface area (Å²) in [6.45, 7) is 3.44. The molecule has 3 heterocycles. The van der Waals surface area contributed by atoms with Crippen molar-refractivity contribution in [3.05, 3.63) is 65.6 Å². The number of likely N-dealkylation sites (tertiary alicyclic amines) is 1. The van der Waals surface area contributed by atoms with Crippen LogP contribution in [0.25, 0.3) is 11.3 Å². The number of nitrogens with one attached hydrogen (secondary N) is 1. The topological polar surface area (TPSA) is 92.5 Å². The number of nitrogens with zero attached hydrogens (tertiary/aromatic N) is 4. The van der Waals surface area contributed by atoms with Gasteiger partial charge < -0.3 is 20.1 Å². The molecule has 0 bridgehead atoms. The lowest BCUT2D eigenvalue weighted by molar-refractivity contribution is -0.130. The third kappa shape index (κ3) is 6.54. The van der Waals surface area contributed by atoms with Gasteiger partial charge in [0.1, 0.15) is 24.1 Å². The van der Waals surface area contributed by atoms with Crippen molar-refractivity contribution >= 4 is 17.5 Å². The number of carbonyl (C=O) groups is 1. The molecule has 2 N–H and O–H groups in total. The quantitative estimate of drug-likeness (QED) is 0.350. The number of aliphatic hydroxyl groups is 1. The largest absolute Gasteiger partial charge is 0.492 e. The van der Waals surface area contributed by atoms with Crippen LogP contribution in [0, 0.1) is 0 Å². The van der Waals surface area contributed by atoms with Crippen LogP contribution in [-0.4, -0.2) is 63.5 Å². The predicted molar refractivity (Wildman–Crippen MR) is 126 cm³/mol. The van der Waals surface area contributed by atoms with Crippen LogP contribution in [0.15, 0.2) is 54.9 Å². The Labute approximate surface area is 198 Å². The average molecular weight is 470 g/mol. The molecule has 1 unspecified atom stereocenters. The second-order valence-electron chi connectivity index (χ2n) is 7.99. The van der Waals surface area contributed by atoms with E-state index < -0.39 is 6.10 Å². The van der Waals surface area contributed by atoms with Gasteiger partial charge in [-0.05, 0) is 49.2 Å². The monoisotopic (exact) mass is 469 g/mol. The first-order valence-corrected chi connectivity index (χ1v) is 11.5. The second kappa shape index (κ2) is 11.3. The molecule has 174 valence electrons. The Morgan fingerprint density at radius 1 is 1.15 bits per heavy atom. The number of hydrogen-bond donors (Lipinski definition) is 2. The van der Waals surface area contributed by atoms with Crippen molar-refractivity contribution in [1.29, 1.82) is 0 Å². The van der Waals surface area contributed by atoms with Gasteiger partial charge in [0.2, 0.25) is 5.91 Å². The first-order valence-electron chi connectivity index (χ1n) is 11.1. The molecule has 33 heavy (non-hydrogen) atoms. The van der Waals surface area contributed by atoms with E-state index in [4.69, 9.17) is 16.3 Å². The van der Waals surface area contributed by atoms with Gasteiger partial charge in [-0.1, -0.05) is 17.7 Å². The maximum atomic E-state index is 12.3. The van der Waals surface area contributed by atoms with Crippen molar-refractivity contribution in [2.45, 2.75) is 25.5 Å². The predicted octanol–water partition coefficient (Wildman–Crippen LogP) is 2.92. The molecule has 0 radical (unpaired) electrons. The van der Waals surface area contributed by atoms with Gasteiger partial charge in [-0.15, -0.1) is 0 Å². The third-order valence-electron chi connectivity index (χ3n) is 5.57. The Kier molecular flexibility index (Phi) is 7.93. The van der Waals surface area contributed by atoms with Crippen molar-refractivity contribution in [3.63, 3.8) is 0 Å². The van der Waals surface area contributed by atoms with Crippen LogP contribution in [0.2, 0.25) is 5.15 Å². The van der Waals surface area contributed by atoms with E-state index in [0.29, 0.717) is 30.4 Å². The zero-order chi connectivity index (χ0) is 23.0. The van der Waals surface area contributed by atoms with E-state index in [0.717, 1.165) is 42.9 Å². The van der Waals surface area contributed by atoms with E-state index in [-0.39, 0.29) is 12.5 Å². The van der Waals surface area contributed by atoms with Crippen molar-refractivity contribution < 1.29 is 14.6 Å². The number of hydrogen-bond acceptors (Lipinski definition) is 6. The minimum Gasteiger partial charge on any atom is -0.492 e. The summed E-state index contributed by atoms with van der Waals surface area (Å²) in [6, 6.07) is 13.0. The molecular formula is C24H28ClN5O3. The highest BCUT2D eigenvalue weighted by molar-refractivity contribution is 6.29. The molecule has 2 aromatic heterocycles. The summed E-state index contributed by atoms with van der Waals surface area (Å²) >= 11 is 5.76. The van der Waals surface area contributed by atoms with E-state index >= 15 is 0 Å². The van der Waals surface area contributed by atoms with E-state index in [1.165, 1.54) is 0 Å². The fourth-order valence-electron chi connectivity index (χ4n) is 3.71. The minimum atomic E-state index is -0.653. The third-order valence-corrected chi connectivity index (χ3v) is 5.79. The SMILES string of the molecule is O=C(Cn1ccc(-c2ccc(OCCNCC(O)c3ccc(Cl)nc3)cc2)n1)N1CCCC1. The normalized spacial score (nSPS) is 14.4. The Hall–Kier alpha value is -2.94. The minimum absolute atomic E-state index is 0.122. The molecule has 1 aromatic carbocycles. The van der Waals surface area contributed by atoms with Crippen LogP contribution in [0.5, 0.6) is 5.75 Å². The number of aromatic nitrogens is 3. The lowest BCUT2D eigenvalue weighted by atomic mass is 10.1. The number of pyridine rings is 1. The van der Waals surface area contributed by atoms with Gasteiger partial charge in [-0.3, -0.25) is 9.48 Å². The summed E-state index contributed by atoms with van der Waals surface area (Å²) in [5, 5.41) is 18.3. The van der Waals surface area contributed by atoms with Crippen LogP contribution >= 0.6 is 11.6 Å². The summed E-state index contributed by atoms with van der Waals surface area (Å²) in [7, 11) is 0. The molecule has 0 aliphatic carbocycles. The van der Waals surface area contributed by atoms with Crippen molar-refractivity contribution in [3.8, 4) is 17.0 Å². The summed E-state index contributed by atoms with van der Waals surface area (Å²) in [5.74, 6) is 0.878. The number of carbonyl (C=O) groups excluding carboxylic acids is 1. The van der Waals surface area contributed by atoms with E-state index in [1.54, 1.807) is 23.0 Å². The Morgan fingerprint density at radius 2 is 1.94 bits per heavy atom. The fourth-order valence-corrected chi connectivity index (χ4v) is 3.82. The first-order chi connectivity index (χ1) is 16.1. The standard InChI is InChI=1S/C24H28ClN5O3/c25-23-8-5-19(15-27-23)22(31)16-26-10-14-33-20-6-3-18(4-7-20)21-9-13-30(28-21)17-24(32)29-11-1-2-12-29/h3-9,13,15,22,26,31H,1-2,10-12,14,16-17H2. The zero-order valence-corrected chi connectivity index (χ0v) is 19.1. The molecule has 4 rings (SSSR count). The highest BCUT2D eigenvalue weighted by Gasteiger charge is 2.18. The molecular weight excluding hydrogens is 442 g/mol. The van der Waals surface area contributed by atoms with Gasteiger partial charge >= 0.3 is 0 Å².